The number of anilines is 2. The maximum absolute atomic E-state index is 12.5. The number of esters is 2. The molecule has 0 atom stereocenters. The Morgan fingerprint density at radius 3 is 2.44 bits per heavy atom. The van der Waals surface area contributed by atoms with E-state index >= 15 is 0 Å². The smallest absolute Gasteiger partial charge is 0.341 e. The average Bonchev–Trinajstić information content (AvgIpc) is 3.26. The Bertz CT molecular complexity index is 1150. The van der Waals surface area contributed by atoms with Crippen LogP contribution >= 0.6 is 23.3 Å². The molecule has 1 aromatic heterocycles. The molecule has 7 nitrogen and oxygen atoms in total. The molecule has 0 aliphatic rings. The van der Waals surface area contributed by atoms with Crippen LogP contribution in [0.15, 0.2) is 60.7 Å². The number of nitrogens with one attached hydrogen (secondary N) is 2. The summed E-state index contributed by atoms with van der Waals surface area (Å²) in [5, 5.41) is 3.39. The molecular formula is C25H26N2O5S2. The molecule has 1 heterocycles. The lowest BCUT2D eigenvalue weighted by Gasteiger charge is -2.10. The van der Waals surface area contributed by atoms with Crippen LogP contribution in [0.4, 0.5) is 10.7 Å². The Morgan fingerprint density at radius 2 is 1.74 bits per heavy atom. The van der Waals surface area contributed by atoms with Gasteiger partial charge in [0.25, 0.3) is 5.91 Å². The molecule has 0 aliphatic carbocycles. The van der Waals surface area contributed by atoms with Gasteiger partial charge in [-0.3, -0.25) is 4.79 Å². The number of carbonyl (C=O) groups is 3. The summed E-state index contributed by atoms with van der Waals surface area (Å²) in [6, 6.07) is 18.1. The van der Waals surface area contributed by atoms with E-state index < -0.39 is 24.5 Å². The summed E-state index contributed by atoms with van der Waals surface area (Å²) in [6.45, 7) is 5.55. The number of thiophene rings is 1. The quantitative estimate of drug-likeness (QED) is 0.267. The minimum Gasteiger partial charge on any atom is -0.462 e. The number of ether oxygens (including phenoxy) is 2. The van der Waals surface area contributed by atoms with E-state index in [4.69, 9.17) is 9.47 Å². The molecule has 2 N–H and O–H groups in total. The van der Waals surface area contributed by atoms with E-state index in [1.807, 2.05) is 36.4 Å². The largest absolute Gasteiger partial charge is 0.462 e. The summed E-state index contributed by atoms with van der Waals surface area (Å²) in [6.07, 6.45) is 0. The van der Waals surface area contributed by atoms with Crippen molar-refractivity contribution in [1.29, 1.82) is 0 Å². The van der Waals surface area contributed by atoms with Gasteiger partial charge in [-0.2, -0.15) is 0 Å². The monoisotopic (exact) mass is 498 g/mol. The third-order valence-corrected chi connectivity index (χ3v) is 6.31. The van der Waals surface area contributed by atoms with Crippen LogP contribution in [-0.2, 0) is 14.3 Å². The second-order valence-corrected chi connectivity index (χ2v) is 9.85. The summed E-state index contributed by atoms with van der Waals surface area (Å²) in [5.41, 5.74) is 2.27. The first-order valence-corrected chi connectivity index (χ1v) is 12.4. The number of hydrogen-bond acceptors (Lipinski definition) is 8. The molecule has 0 saturated carbocycles. The molecule has 178 valence electrons. The van der Waals surface area contributed by atoms with E-state index in [1.165, 1.54) is 23.3 Å². The molecule has 0 bridgehead atoms. The zero-order chi connectivity index (χ0) is 24.5. The van der Waals surface area contributed by atoms with Crippen LogP contribution in [0.2, 0.25) is 0 Å². The van der Waals surface area contributed by atoms with E-state index in [9.17, 15) is 14.4 Å². The van der Waals surface area contributed by atoms with Crippen molar-refractivity contribution < 1.29 is 23.9 Å². The van der Waals surface area contributed by atoms with Crippen molar-refractivity contribution in [2.24, 2.45) is 0 Å². The molecule has 0 spiro atoms. The molecule has 9 heteroatoms. The fourth-order valence-corrected chi connectivity index (χ4v) is 4.43. The van der Waals surface area contributed by atoms with Gasteiger partial charge in [-0.15, -0.1) is 11.3 Å². The molecule has 3 aromatic rings. The van der Waals surface area contributed by atoms with E-state index in [0.29, 0.717) is 15.8 Å². The second kappa shape index (κ2) is 12.2. The third-order valence-electron chi connectivity index (χ3n) is 4.38. The van der Waals surface area contributed by atoms with Crippen LogP contribution in [0, 0.1) is 0 Å². The van der Waals surface area contributed by atoms with Crippen LogP contribution in [0.3, 0.4) is 0 Å². The number of hydrogen-bond donors (Lipinski definition) is 2. The van der Waals surface area contributed by atoms with Gasteiger partial charge in [0.2, 0.25) is 0 Å². The zero-order valence-corrected chi connectivity index (χ0v) is 20.8. The number of amides is 1. The van der Waals surface area contributed by atoms with Crippen LogP contribution in [0.5, 0.6) is 0 Å². The topological polar surface area (TPSA) is 93.7 Å². The van der Waals surface area contributed by atoms with Gasteiger partial charge in [0.1, 0.15) is 5.00 Å². The Morgan fingerprint density at radius 1 is 0.971 bits per heavy atom. The van der Waals surface area contributed by atoms with Gasteiger partial charge in [-0.25, -0.2) is 9.59 Å². The normalized spacial score (nSPS) is 10.6. The first kappa shape index (κ1) is 25.3. The summed E-state index contributed by atoms with van der Waals surface area (Å²) < 4.78 is 13.5. The summed E-state index contributed by atoms with van der Waals surface area (Å²) in [5.74, 6) is -1.70. The molecule has 0 saturated heterocycles. The van der Waals surface area contributed by atoms with Crippen LogP contribution in [0.25, 0.3) is 10.4 Å². The Balaban J connectivity index is 1.66. The highest BCUT2D eigenvalue weighted by Crippen LogP contribution is 2.36. The van der Waals surface area contributed by atoms with Crippen molar-refractivity contribution in [2.75, 3.05) is 23.3 Å². The Hall–Kier alpha value is -3.30. The molecular weight excluding hydrogens is 472 g/mol. The second-order valence-electron chi connectivity index (χ2n) is 7.41. The van der Waals surface area contributed by atoms with Crippen molar-refractivity contribution in [3.05, 3.63) is 71.8 Å². The van der Waals surface area contributed by atoms with Crippen molar-refractivity contribution >= 4 is 51.8 Å². The van der Waals surface area contributed by atoms with Gasteiger partial charge in [0.05, 0.1) is 17.7 Å². The molecule has 0 radical (unpaired) electrons. The molecule has 0 aliphatic heterocycles. The highest BCUT2D eigenvalue weighted by Gasteiger charge is 2.20. The standard InChI is InChI=1S/C25H26N2O5S2/c1-4-31-25(30)20-14-21(17-9-6-5-7-10-17)33-23(20)26-22(28)15-32-24(29)18-11-8-12-19(13-18)27-34-16(2)3/h5-14,16,27H,4,15H2,1-3H3,(H,26,28). The average molecular weight is 499 g/mol. The fourth-order valence-electron chi connectivity index (χ4n) is 2.86. The fraction of sp³-hybridized carbons (Fsp3) is 0.240. The van der Waals surface area contributed by atoms with Crippen molar-refractivity contribution in [2.45, 2.75) is 26.0 Å². The highest BCUT2D eigenvalue weighted by atomic mass is 32.2. The van der Waals surface area contributed by atoms with Crippen molar-refractivity contribution in [3.8, 4) is 10.4 Å². The van der Waals surface area contributed by atoms with E-state index in [-0.39, 0.29) is 12.2 Å². The maximum atomic E-state index is 12.5. The number of benzene rings is 2. The van der Waals surface area contributed by atoms with Gasteiger partial charge >= 0.3 is 11.9 Å². The summed E-state index contributed by atoms with van der Waals surface area (Å²) >= 11 is 2.78. The summed E-state index contributed by atoms with van der Waals surface area (Å²) in [7, 11) is 0. The Labute approximate surface area is 207 Å². The predicted octanol–water partition coefficient (Wildman–Crippen LogP) is 5.86. The van der Waals surface area contributed by atoms with E-state index in [2.05, 4.69) is 23.9 Å². The van der Waals surface area contributed by atoms with Gasteiger partial charge < -0.3 is 19.5 Å². The molecule has 0 fully saturated rings. The zero-order valence-electron chi connectivity index (χ0n) is 19.1. The van der Waals surface area contributed by atoms with Crippen LogP contribution in [-0.4, -0.2) is 36.3 Å². The molecule has 0 unspecified atom stereocenters. The Kier molecular flexibility index (Phi) is 9.12. The maximum Gasteiger partial charge on any atom is 0.341 e. The lowest BCUT2D eigenvalue weighted by molar-refractivity contribution is -0.119. The van der Waals surface area contributed by atoms with Gasteiger partial charge in [0.15, 0.2) is 6.61 Å². The molecule has 34 heavy (non-hydrogen) atoms. The van der Waals surface area contributed by atoms with Gasteiger partial charge in [0, 0.05) is 15.8 Å². The van der Waals surface area contributed by atoms with Crippen LogP contribution in [0.1, 0.15) is 41.5 Å². The van der Waals surface area contributed by atoms with E-state index in [1.54, 1.807) is 31.2 Å². The lowest BCUT2D eigenvalue weighted by atomic mass is 10.1. The van der Waals surface area contributed by atoms with Crippen molar-refractivity contribution in [1.82, 2.24) is 0 Å². The third kappa shape index (κ3) is 7.10. The van der Waals surface area contributed by atoms with Gasteiger partial charge in [-0.05, 0) is 48.7 Å². The molecule has 3 rings (SSSR count). The lowest BCUT2D eigenvalue weighted by Crippen LogP contribution is -2.21. The van der Waals surface area contributed by atoms with E-state index in [0.717, 1.165) is 16.1 Å². The van der Waals surface area contributed by atoms with Crippen LogP contribution < -0.4 is 10.0 Å². The SMILES string of the molecule is CCOC(=O)c1cc(-c2ccccc2)sc1NC(=O)COC(=O)c1cccc(NSC(C)C)c1. The predicted molar refractivity (Wildman–Crippen MR) is 137 cm³/mol. The van der Waals surface area contributed by atoms with Crippen molar-refractivity contribution in [3.63, 3.8) is 0 Å². The first-order valence-electron chi connectivity index (χ1n) is 10.7. The molecule has 1 amide bonds. The highest BCUT2D eigenvalue weighted by molar-refractivity contribution is 8.01. The summed E-state index contributed by atoms with van der Waals surface area (Å²) in [4.78, 5) is 38.2. The minimum absolute atomic E-state index is 0.212. The van der Waals surface area contributed by atoms with Gasteiger partial charge in [-0.1, -0.05) is 50.2 Å². The number of rotatable bonds is 10. The minimum atomic E-state index is -0.616. The number of carbonyl (C=O) groups excluding carboxylic acids is 3. The first-order chi connectivity index (χ1) is 16.4. The molecule has 2 aromatic carbocycles.